The topological polar surface area (TPSA) is 78.8 Å². The van der Waals surface area contributed by atoms with Crippen molar-refractivity contribution < 1.29 is 14.4 Å². The summed E-state index contributed by atoms with van der Waals surface area (Å²) in [4.78, 5) is 41.1. The Labute approximate surface area is 129 Å². The van der Waals surface area contributed by atoms with Gasteiger partial charge in [-0.05, 0) is 0 Å². The van der Waals surface area contributed by atoms with Gasteiger partial charge in [0.05, 0.1) is 18.3 Å². The fourth-order valence-electron chi connectivity index (χ4n) is 2.57. The van der Waals surface area contributed by atoms with Gasteiger partial charge in [0.25, 0.3) is 5.91 Å². The summed E-state index contributed by atoms with van der Waals surface area (Å²) in [7, 11) is 5.02. The molecule has 0 bridgehead atoms. The van der Waals surface area contributed by atoms with Crippen molar-refractivity contribution in [1.82, 2.24) is 24.5 Å². The standard InChI is InChI=1S/C14H21N5O3/c1-10(20)19-6-5-18(9-12(19)14(22)16(2)3)13(21)11-7-15-17(4)8-11/h7-8,12H,5-6,9H2,1-4H3. The number of hydrogen-bond donors (Lipinski definition) is 0. The normalized spacial score (nSPS) is 18.3. The van der Waals surface area contributed by atoms with Gasteiger partial charge in [-0.15, -0.1) is 0 Å². The Balaban J connectivity index is 2.18. The van der Waals surface area contributed by atoms with Crippen molar-refractivity contribution in [2.24, 2.45) is 7.05 Å². The van der Waals surface area contributed by atoms with Crippen molar-refractivity contribution in [2.45, 2.75) is 13.0 Å². The fraction of sp³-hybridized carbons (Fsp3) is 0.571. The van der Waals surface area contributed by atoms with Crippen LogP contribution in [0.5, 0.6) is 0 Å². The zero-order valence-electron chi connectivity index (χ0n) is 13.3. The van der Waals surface area contributed by atoms with E-state index in [1.165, 1.54) is 22.9 Å². The lowest BCUT2D eigenvalue weighted by molar-refractivity contribution is -0.146. The highest BCUT2D eigenvalue weighted by atomic mass is 16.2. The van der Waals surface area contributed by atoms with Gasteiger partial charge in [0.1, 0.15) is 6.04 Å². The molecule has 0 saturated carbocycles. The van der Waals surface area contributed by atoms with Gasteiger partial charge in [-0.3, -0.25) is 19.1 Å². The van der Waals surface area contributed by atoms with Gasteiger partial charge in [0.15, 0.2) is 0 Å². The summed E-state index contributed by atoms with van der Waals surface area (Å²) in [6, 6.07) is -0.637. The molecule has 8 nitrogen and oxygen atoms in total. The predicted molar refractivity (Wildman–Crippen MR) is 79.0 cm³/mol. The highest BCUT2D eigenvalue weighted by Crippen LogP contribution is 2.15. The van der Waals surface area contributed by atoms with Crippen LogP contribution in [0.2, 0.25) is 0 Å². The Bertz CT molecular complexity index is 595. The average molecular weight is 307 g/mol. The lowest BCUT2D eigenvalue weighted by Crippen LogP contribution is -2.60. The van der Waals surface area contributed by atoms with Crippen LogP contribution < -0.4 is 0 Å². The summed E-state index contributed by atoms with van der Waals surface area (Å²) in [5.74, 6) is -0.513. The summed E-state index contributed by atoms with van der Waals surface area (Å²) in [6.45, 7) is 2.40. The van der Waals surface area contributed by atoms with Gasteiger partial charge in [-0.2, -0.15) is 5.10 Å². The lowest BCUT2D eigenvalue weighted by atomic mass is 10.1. The first-order valence-electron chi connectivity index (χ1n) is 7.07. The van der Waals surface area contributed by atoms with Crippen molar-refractivity contribution in [2.75, 3.05) is 33.7 Å². The van der Waals surface area contributed by atoms with E-state index in [9.17, 15) is 14.4 Å². The average Bonchev–Trinajstić information content (AvgIpc) is 2.91. The Morgan fingerprint density at radius 3 is 2.45 bits per heavy atom. The second kappa shape index (κ2) is 6.17. The predicted octanol–water partition coefficient (Wildman–Crippen LogP) is -0.819. The van der Waals surface area contributed by atoms with Crippen LogP contribution in [0.25, 0.3) is 0 Å². The first kappa shape index (κ1) is 16.0. The SMILES string of the molecule is CC(=O)N1CCN(C(=O)c2cnn(C)c2)CC1C(=O)N(C)C. The minimum atomic E-state index is -0.637. The molecular weight excluding hydrogens is 286 g/mol. The van der Waals surface area contributed by atoms with E-state index < -0.39 is 6.04 Å². The Morgan fingerprint density at radius 1 is 1.27 bits per heavy atom. The largest absolute Gasteiger partial charge is 0.347 e. The van der Waals surface area contributed by atoms with Gasteiger partial charge in [0.2, 0.25) is 11.8 Å². The van der Waals surface area contributed by atoms with Crippen molar-refractivity contribution in [1.29, 1.82) is 0 Å². The van der Waals surface area contributed by atoms with E-state index in [-0.39, 0.29) is 24.3 Å². The summed E-state index contributed by atoms with van der Waals surface area (Å²) < 4.78 is 1.56. The third kappa shape index (κ3) is 3.10. The quantitative estimate of drug-likeness (QED) is 0.715. The van der Waals surface area contributed by atoms with Crippen molar-refractivity contribution in [3.8, 4) is 0 Å². The smallest absolute Gasteiger partial charge is 0.257 e. The third-order valence-electron chi connectivity index (χ3n) is 3.75. The Hall–Kier alpha value is -2.38. The minimum absolute atomic E-state index is 0.159. The van der Waals surface area contributed by atoms with Gasteiger partial charge < -0.3 is 14.7 Å². The van der Waals surface area contributed by atoms with E-state index in [1.807, 2.05) is 0 Å². The molecule has 1 aliphatic rings. The van der Waals surface area contributed by atoms with Crippen LogP contribution in [-0.4, -0.2) is 82.0 Å². The van der Waals surface area contributed by atoms with Crippen LogP contribution >= 0.6 is 0 Å². The number of likely N-dealkylation sites (N-methyl/N-ethyl adjacent to an activating group) is 1. The van der Waals surface area contributed by atoms with E-state index >= 15 is 0 Å². The zero-order valence-corrected chi connectivity index (χ0v) is 13.3. The molecule has 1 saturated heterocycles. The number of carbonyl (C=O) groups excluding carboxylic acids is 3. The van der Waals surface area contributed by atoms with E-state index in [1.54, 1.807) is 36.9 Å². The summed E-state index contributed by atoms with van der Waals surface area (Å²) >= 11 is 0. The Morgan fingerprint density at radius 2 is 1.95 bits per heavy atom. The second-order valence-corrected chi connectivity index (χ2v) is 5.61. The second-order valence-electron chi connectivity index (χ2n) is 5.61. The molecule has 0 N–H and O–H groups in total. The molecule has 120 valence electrons. The van der Waals surface area contributed by atoms with Crippen LogP contribution in [-0.2, 0) is 16.6 Å². The molecular formula is C14H21N5O3. The van der Waals surface area contributed by atoms with Gasteiger partial charge in [0, 0.05) is 47.4 Å². The fourth-order valence-corrected chi connectivity index (χ4v) is 2.57. The molecule has 0 aromatic carbocycles. The molecule has 1 aromatic heterocycles. The maximum absolute atomic E-state index is 12.5. The number of aromatic nitrogens is 2. The van der Waals surface area contributed by atoms with Gasteiger partial charge >= 0.3 is 0 Å². The van der Waals surface area contributed by atoms with Crippen LogP contribution in [0.4, 0.5) is 0 Å². The molecule has 1 aliphatic heterocycles. The van der Waals surface area contributed by atoms with Crippen molar-refractivity contribution in [3.63, 3.8) is 0 Å². The van der Waals surface area contributed by atoms with E-state index in [0.29, 0.717) is 18.7 Å². The molecule has 0 radical (unpaired) electrons. The van der Waals surface area contributed by atoms with E-state index in [2.05, 4.69) is 5.10 Å². The van der Waals surface area contributed by atoms with Gasteiger partial charge in [-0.25, -0.2) is 0 Å². The van der Waals surface area contributed by atoms with E-state index in [4.69, 9.17) is 0 Å². The molecule has 0 spiro atoms. The number of rotatable bonds is 2. The van der Waals surface area contributed by atoms with Crippen LogP contribution in [0.1, 0.15) is 17.3 Å². The molecule has 22 heavy (non-hydrogen) atoms. The number of aryl methyl sites for hydroxylation is 1. The summed E-state index contributed by atoms with van der Waals surface area (Å²) in [5.41, 5.74) is 0.481. The number of amides is 3. The van der Waals surface area contributed by atoms with Crippen molar-refractivity contribution in [3.05, 3.63) is 18.0 Å². The molecule has 1 aromatic rings. The van der Waals surface area contributed by atoms with Crippen molar-refractivity contribution >= 4 is 17.7 Å². The monoisotopic (exact) mass is 307 g/mol. The first-order chi connectivity index (χ1) is 10.3. The molecule has 1 unspecified atom stereocenters. The minimum Gasteiger partial charge on any atom is -0.347 e. The number of piperazine rings is 1. The maximum atomic E-state index is 12.5. The molecule has 1 atom stereocenters. The maximum Gasteiger partial charge on any atom is 0.257 e. The molecule has 0 aliphatic carbocycles. The van der Waals surface area contributed by atoms with Crippen LogP contribution in [0, 0.1) is 0 Å². The number of carbonyl (C=O) groups is 3. The number of nitrogens with zero attached hydrogens (tertiary/aromatic N) is 5. The molecule has 2 heterocycles. The summed E-state index contributed by atoms with van der Waals surface area (Å²) in [6.07, 6.45) is 3.14. The first-order valence-corrected chi connectivity index (χ1v) is 7.07. The molecule has 2 rings (SSSR count). The lowest BCUT2D eigenvalue weighted by Gasteiger charge is -2.40. The Kier molecular flexibility index (Phi) is 4.48. The van der Waals surface area contributed by atoms with Crippen LogP contribution in [0.15, 0.2) is 12.4 Å². The highest BCUT2D eigenvalue weighted by molar-refractivity contribution is 5.95. The molecule has 8 heteroatoms. The third-order valence-corrected chi connectivity index (χ3v) is 3.75. The van der Waals surface area contributed by atoms with Crippen LogP contribution in [0.3, 0.4) is 0 Å². The summed E-state index contributed by atoms with van der Waals surface area (Å²) in [5, 5.41) is 3.99. The highest BCUT2D eigenvalue weighted by Gasteiger charge is 2.36. The van der Waals surface area contributed by atoms with E-state index in [0.717, 1.165) is 0 Å². The molecule has 1 fully saturated rings. The molecule has 3 amide bonds. The number of hydrogen-bond acceptors (Lipinski definition) is 4. The zero-order chi connectivity index (χ0) is 16.4. The van der Waals surface area contributed by atoms with Gasteiger partial charge in [-0.1, -0.05) is 0 Å².